The van der Waals surface area contributed by atoms with Crippen molar-refractivity contribution in [2.24, 2.45) is 0 Å². The van der Waals surface area contributed by atoms with Gasteiger partial charge in [0.05, 0.1) is 18.0 Å². The fraction of sp³-hybridized carbons (Fsp3) is 0.455. The third-order valence-electron chi connectivity index (χ3n) is 1.99. The summed E-state index contributed by atoms with van der Waals surface area (Å²) in [5.74, 6) is 0. The second kappa shape index (κ2) is 5.98. The van der Waals surface area contributed by atoms with Gasteiger partial charge in [0, 0.05) is 17.1 Å². The van der Waals surface area contributed by atoms with Gasteiger partial charge in [-0.15, -0.1) is 0 Å². The maximum Gasteiger partial charge on any atom is 0.0664 e. The fourth-order valence-electron chi connectivity index (χ4n) is 1.26. The zero-order chi connectivity index (χ0) is 11.3. The van der Waals surface area contributed by atoms with E-state index >= 15 is 0 Å². The smallest absolute Gasteiger partial charge is 0.0664 e. The summed E-state index contributed by atoms with van der Waals surface area (Å²) in [7, 11) is 0. The number of anilines is 2. The summed E-state index contributed by atoms with van der Waals surface area (Å²) in [5.41, 5.74) is 7.53. The van der Waals surface area contributed by atoms with E-state index in [1.54, 1.807) is 0 Å². The predicted molar refractivity (Wildman–Crippen MR) is 68.1 cm³/mol. The molecule has 0 spiro atoms. The second-order valence-electron chi connectivity index (χ2n) is 3.44. The number of hydrogen-bond acceptors (Lipinski definition) is 3. The monoisotopic (exact) mass is 272 g/mol. The summed E-state index contributed by atoms with van der Waals surface area (Å²) in [6.07, 6.45) is 0. The van der Waals surface area contributed by atoms with Crippen molar-refractivity contribution in [2.75, 3.05) is 24.3 Å². The van der Waals surface area contributed by atoms with E-state index in [4.69, 9.17) is 10.5 Å². The molecule has 0 saturated heterocycles. The fourth-order valence-corrected chi connectivity index (χ4v) is 1.62. The Kier molecular flexibility index (Phi) is 4.91. The first-order chi connectivity index (χ1) is 7.13. The molecule has 1 rings (SSSR count). The van der Waals surface area contributed by atoms with Crippen molar-refractivity contribution in [3.05, 3.63) is 22.7 Å². The summed E-state index contributed by atoms with van der Waals surface area (Å²) >= 11 is 3.41. The van der Waals surface area contributed by atoms with Gasteiger partial charge in [-0.1, -0.05) is 15.9 Å². The van der Waals surface area contributed by atoms with Crippen LogP contribution >= 0.6 is 15.9 Å². The molecule has 0 amide bonds. The molecule has 3 nitrogen and oxygen atoms in total. The first-order valence-corrected chi connectivity index (χ1v) is 5.82. The van der Waals surface area contributed by atoms with Crippen molar-refractivity contribution in [1.82, 2.24) is 0 Å². The highest BCUT2D eigenvalue weighted by Crippen LogP contribution is 2.23. The lowest BCUT2D eigenvalue weighted by Gasteiger charge is -2.16. The summed E-state index contributed by atoms with van der Waals surface area (Å²) in [6, 6.07) is 6.02. The van der Waals surface area contributed by atoms with Crippen molar-refractivity contribution in [3.63, 3.8) is 0 Å². The molecule has 15 heavy (non-hydrogen) atoms. The van der Waals surface area contributed by atoms with Gasteiger partial charge >= 0.3 is 0 Å². The van der Waals surface area contributed by atoms with Crippen LogP contribution in [-0.2, 0) is 4.74 Å². The van der Waals surface area contributed by atoms with Crippen LogP contribution < -0.4 is 11.1 Å². The van der Waals surface area contributed by atoms with E-state index in [0.29, 0.717) is 6.61 Å². The molecule has 0 aromatic heterocycles. The summed E-state index contributed by atoms with van der Waals surface area (Å²) in [6.45, 7) is 5.47. The first-order valence-electron chi connectivity index (χ1n) is 5.02. The van der Waals surface area contributed by atoms with Crippen molar-refractivity contribution < 1.29 is 4.74 Å². The van der Waals surface area contributed by atoms with Crippen LogP contribution in [0.1, 0.15) is 13.8 Å². The Balaban J connectivity index is 2.59. The average molecular weight is 273 g/mol. The van der Waals surface area contributed by atoms with E-state index < -0.39 is 0 Å². The lowest BCUT2D eigenvalue weighted by Crippen LogP contribution is -2.22. The van der Waals surface area contributed by atoms with Crippen molar-refractivity contribution in [1.29, 1.82) is 0 Å². The average Bonchev–Trinajstić information content (AvgIpc) is 2.20. The van der Waals surface area contributed by atoms with E-state index in [0.717, 1.165) is 22.5 Å². The molecule has 1 unspecified atom stereocenters. The standard InChI is InChI=1S/C11H17BrN2O/c1-3-15-7-8(2)14-11-6-9(12)4-5-10(11)13/h4-6,8,14H,3,7,13H2,1-2H3. The largest absolute Gasteiger partial charge is 0.397 e. The van der Waals surface area contributed by atoms with E-state index in [2.05, 4.69) is 28.2 Å². The summed E-state index contributed by atoms with van der Waals surface area (Å²) < 4.78 is 6.34. The lowest BCUT2D eigenvalue weighted by atomic mass is 10.2. The quantitative estimate of drug-likeness (QED) is 0.811. The number of nitrogens with two attached hydrogens (primary N) is 1. The number of rotatable bonds is 5. The van der Waals surface area contributed by atoms with Crippen LogP contribution in [-0.4, -0.2) is 19.3 Å². The molecule has 0 fully saturated rings. The molecule has 0 aliphatic heterocycles. The minimum Gasteiger partial charge on any atom is -0.397 e. The van der Waals surface area contributed by atoms with Crippen LogP contribution in [0.5, 0.6) is 0 Å². The highest BCUT2D eigenvalue weighted by Gasteiger charge is 2.04. The Morgan fingerprint density at radius 3 is 2.93 bits per heavy atom. The zero-order valence-electron chi connectivity index (χ0n) is 9.09. The van der Waals surface area contributed by atoms with E-state index in [9.17, 15) is 0 Å². The number of nitrogens with one attached hydrogen (secondary N) is 1. The van der Waals surface area contributed by atoms with Gasteiger partial charge in [-0.2, -0.15) is 0 Å². The highest BCUT2D eigenvalue weighted by molar-refractivity contribution is 9.10. The molecule has 4 heteroatoms. The molecule has 3 N–H and O–H groups in total. The van der Waals surface area contributed by atoms with Crippen LogP contribution in [0.25, 0.3) is 0 Å². The molecule has 0 aliphatic rings. The lowest BCUT2D eigenvalue weighted by molar-refractivity contribution is 0.141. The number of benzene rings is 1. The van der Waals surface area contributed by atoms with E-state index in [-0.39, 0.29) is 6.04 Å². The molecular weight excluding hydrogens is 256 g/mol. The minimum atomic E-state index is 0.251. The van der Waals surface area contributed by atoms with Gasteiger partial charge in [-0.05, 0) is 32.0 Å². The molecule has 1 aromatic carbocycles. The first kappa shape index (κ1) is 12.3. The van der Waals surface area contributed by atoms with Gasteiger partial charge in [0.15, 0.2) is 0 Å². The molecule has 0 radical (unpaired) electrons. The Hall–Kier alpha value is -0.740. The van der Waals surface area contributed by atoms with Crippen molar-refractivity contribution in [2.45, 2.75) is 19.9 Å². The van der Waals surface area contributed by atoms with Gasteiger partial charge in [0.25, 0.3) is 0 Å². The Morgan fingerprint density at radius 2 is 2.27 bits per heavy atom. The van der Waals surface area contributed by atoms with Crippen LogP contribution in [0, 0.1) is 0 Å². The van der Waals surface area contributed by atoms with Gasteiger partial charge in [-0.25, -0.2) is 0 Å². The predicted octanol–water partition coefficient (Wildman–Crippen LogP) is 2.87. The third-order valence-corrected chi connectivity index (χ3v) is 2.48. The van der Waals surface area contributed by atoms with Crippen LogP contribution in [0.15, 0.2) is 22.7 Å². The Morgan fingerprint density at radius 1 is 1.53 bits per heavy atom. The molecule has 1 aromatic rings. The Labute approximate surface area is 99.1 Å². The summed E-state index contributed by atoms with van der Waals surface area (Å²) in [5, 5.41) is 3.31. The highest BCUT2D eigenvalue weighted by atomic mass is 79.9. The van der Waals surface area contributed by atoms with Gasteiger partial charge in [-0.3, -0.25) is 0 Å². The molecule has 0 heterocycles. The third kappa shape index (κ3) is 4.10. The SMILES string of the molecule is CCOCC(C)Nc1cc(Br)ccc1N. The van der Waals surface area contributed by atoms with Gasteiger partial charge < -0.3 is 15.8 Å². The van der Waals surface area contributed by atoms with E-state index in [1.807, 2.05) is 25.1 Å². The number of ether oxygens (including phenoxy) is 1. The van der Waals surface area contributed by atoms with Crippen LogP contribution in [0.2, 0.25) is 0 Å². The molecule has 0 saturated carbocycles. The number of nitrogen functional groups attached to an aromatic ring is 1. The maximum absolute atomic E-state index is 5.84. The van der Waals surface area contributed by atoms with Gasteiger partial charge in [0.1, 0.15) is 0 Å². The van der Waals surface area contributed by atoms with Crippen molar-refractivity contribution in [3.8, 4) is 0 Å². The molecule has 0 aliphatic carbocycles. The minimum absolute atomic E-state index is 0.251. The number of halogens is 1. The molecular formula is C11H17BrN2O. The van der Waals surface area contributed by atoms with Crippen LogP contribution in [0.4, 0.5) is 11.4 Å². The van der Waals surface area contributed by atoms with E-state index in [1.165, 1.54) is 0 Å². The molecule has 0 bridgehead atoms. The topological polar surface area (TPSA) is 47.3 Å². The van der Waals surface area contributed by atoms with Crippen LogP contribution in [0.3, 0.4) is 0 Å². The summed E-state index contributed by atoms with van der Waals surface area (Å²) in [4.78, 5) is 0. The number of hydrogen-bond donors (Lipinski definition) is 2. The second-order valence-corrected chi connectivity index (χ2v) is 4.35. The normalized spacial score (nSPS) is 12.5. The zero-order valence-corrected chi connectivity index (χ0v) is 10.7. The van der Waals surface area contributed by atoms with Gasteiger partial charge in [0.2, 0.25) is 0 Å². The molecule has 84 valence electrons. The van der Waals surface area contributed by atoms with Crippen molar-refractivity contribution >= 4 is 27.3 Å². The Bertz CT molecular complexity index is 317. The molecule has 1 atom stereocenters. The maximum atomic E-state index is 5.84.